The van der Waals surface area contributed by atoms with Crippen LogP contribution in [0, 0.1) is 11.3 Å². The maximum absolute atomic E-state index is 10.7. The predicted octanol–water partition coefficient (Wildman–Crippen LogP) is 1.79. The Hall–Kier alpha value is -2.23. The van der Waals surface area contributed by atoms with Gasteiger partial charge in [-0.2, -0.15) is 5.26 Å². The Morgan fingerprint density at radius 1 is 1.39 bits per heavy atom. The number of carboxylic acid groups (broad SMARTS) is 1. The number of nitrogens with zero attached hydrogens (tertiary/aromatic N) is 2. The first-order valence-corrected chi connectivity index (χ1v) is 5.80. The molecule has 0 saturated heterocycles. The summed E-state index contributed by atoms with van der Waals surface area (Å²) in [6, 6.07) is 8.39. The molecule has 0 radical (unpaired) electrons. The topological polar surface area (TPSA) is 94.2 Å². The Morgan fingerprint density at radius 3 is 2.56 bits per heavy atom. The molecule has 0 amide bonds. The second kappa shape index (κ2) is 4.96. The fraction of sp³-hybridized carbons (Fsp3) is 0.0833. The Kier molecular flexibility index (Phi) is 3.37. The van der Waals surface area contributed by atoms with E-state index < -0.39 is 12.1 Å². The van der Waals surface area contributed by atoms with Crippen LogP contribution in [0.25, 0.3) is 0 Å². The molecule has 1 atom stereocenters. The highest BCUT2D eigenvalue weighted by Crippen LogP contribution is 2.26. The summed E-state index contributed by atoms with van der Waals surface area (Å²) in [4.78, 5) is 14.7. The summed E-state index contributed by atoms with van der Waals surface area (Å²) in [7, 11) is 0. The van der Waals surface area contributed by atoms with Crippen LogP contribution < -0.4 is 0 Å². The van der Waals surface area contributed by atoms with Gasteiger partial charge in [-0.1, -0.05) is 12.1 Å². The van der Waals surface area contributed by atoms with E-state index in [2.05, 4.69) is 4.98 Å². The lowest BCUT2D eigenvalue weighted by Crippen LogP contribution is -1.98. The molecule has 2 rings (SSSR count). The minimum Gasteiger partial charge on any atom is -0.477 e. The lowest BCUT2D eigenvalue weighted by Gasteiger charge is -2.07. The lowest BCUT2D eigenvalue weighted by molar-refractivity contribution is 0.0702. The number of aliphatic hydroxyl groups excluding tert-OH is 1. The minimum atomic E-state index is -1.06. The van der Waals surface area contributed by atoms with E-state index in [-0.39, 0.29) is 4.88 Å². The molecule has 1 unspecified atom stereocenters. The molecule has 5 nitrogen and oxygen atoms in total. The normalized spacial score (nSPS) is 11.8. The monoisotopic (exact) mass is 260 g/mol. The van der Waals surface area contributed by atoms with Gasteiger partial charge in [-0.25, -0.2) is 9.78 Å². The molecule has 6 heteroatoms. The van der Waals surface area contributed by atoms with E-state index in [9.17, 15) is 9.90 Å². The molecular weight excluding hydrogens is 252 g/mol. The van der Waals surface area contributed by atoms with Gasteiger partial charge in [0.05, 0.1) is 17.8 Å². The van der Waals surface area contributed by atoms with Gasteiger partial charge in [0.25, 0.3) is 0 Å². The Balaban J connectivity index is 2.26. The van der Waals surface area contributed by atoms with Gasteiger partial charge in [0.2, 0.25) is 0 Å². The molecule has 0 saturated carbocycles. The first kappa shape index (κ1) is 12.2. The summed E-state index contributed by atoms with van der Waals surface area (Å²) in [6.45, 7) is 0. The van der Waals surface area contributed by atoms with Crippen LogP contribution in [-0.2, 0) is 0 Å². The quantitative estimate of drug-likeness (QED) is 0.877. The van der Waals surface area contributed by atoms with Crippen LogP contribution in [0.4, 0.5) is 0 Å². The lowest BCUT2D eigenvalue weighted by atomic mass is 10.1. The van der Waals surface area contributed by atoms with E-state index in [4.69, 9.17) is 10.4 Å². The van der Waals surface area contributed by atoms with E-state index >= 15 is 0 Å². The number of hydrogen-bond donors (Lipinski definition) is 2. The van der Waals surface area contributed by atoms with Crippen molar-refractivity contribution in [1.29, 1.82) is 5.26 Å². The zero-order chi connectivity index (χ0) is 13.1. The molecule has 1 heterocycles. The van der Waals surface area contributed by atoms with Crippen LogP contribution >= 0.6 is 11.3 Å². The number of nitriles is 1. The zero-order valence-electron chi connectivity index (χ0n) is 9.07. The van der Waals surface area contributed by atoms with Crippen LogP contribution in [0.15, 0.2) is 30.5 Å². The Bertz CT molecular complexity index is 613. The smallest absolute Gasteiger partial charge is 0.347 e. The number of carboxylic acids is 1. The molecule has 0 fully saturated rings. The molecule has 1 aromatic carbocycles. The first-order chi connectivity index (χ1) is 8.61. The molecule has 0 spiro atoms. The molecule has 0 aliphatic rings. The van der Waals surface area contributed by atoms with Gasteiger partial charge in [0.1, 0.15) is 16.0 Å². The SMILES string of the molecule is N#Cc1ccc(C(O)c2ncc(C(=O)O)s2)cc1. The van der Waals surface area contributed by atoms with E-state index in [0.717, 1.165) is 11.3 Å². The maximum Gasteiger partial charge on any atom is 0.347 e. The van der Waals surface area contributed by atoms with Crippen molar-refractivity contribution >= 4 is 17.3 Å². The van der Waals surface area contributed by atoms with Gasteiger partial charge in [0.15, 0.2) is 0 Å². The minimum absolute atomic E-state index is 0.0812. The summed E-state index contributed by atoms with van der Waals surface area (Å²) >= 11 is 0.928. The molecular formula is C12H8N2O3S. The van der Waals surface area contributed by atoms with Crippen molar-refractivity contribution in [3.05, 3.63) is 51.5 Å². The summed E-state index contributed by atoms with van der Waals surface area (Å²) in [6.07, 6.45) is 0.241. The molecule has 2 N–H and O–H groups in total. The van der Waals surface area contributed by atoms with E-state index in [1.54, 1.807) is 24.3 Å². The van der Waals surface area contributed by atoms with E-state index in [1.165, 1.54) is 6.20 Å². The third-order valence-electron chi connectivity index (χ3n) is 2.32. The van der Waals surface area contributed by atoms with Crippen LogP contribution in [0.3, 0.4) is 0 Å². The second-order valence-corrected chi connectivity index (χ2v) is 4.57. The molecule has 18 heavy (non-hydrogen) atoms. The van der Waals surface area contributed by atoms with Crippen molar-refractivity contribution < 1.29 is 15.0 Å². The fourth-order valence-electron chi connectivity index (χ4n) is 1.40. The van der Waals surface area contributed by atoms with Crippen LogP contribution in [0.1, 0.15) is 31.9 Å². The summed E-state index contributed by atoms with van der Waals surface area (Å²) in [5.74, 6) is -1.06. The van der Waals surface area contributed by atoms with E-state index in [0.29, 0.717) is 16.1 Å². The number of aromatic carboxylic acids is 1. The van der Waals surface area contributed by atoms with Crippen molar-refractivity contribution in [3.8, 4) is 6.07 Å². The summed E-state index contributed by atoms with van der Waals surface area (Å²) in [5, 5.41) is 27.8. The zero-order valence-corrected chi connectivity index (χ0v) is 9.89. The van der Waals surface area contributed by atoms with Gasteiger partial charge in [-0.05, 0) is 17.7 Å². The fourth-order valence-corrected chi connectivity index (χ4v) is 2.17. The highest BCUT2D eigenvalue weighted by atomic mass is 32.1. The summed E-state index contributed by atoms with van der Waals surface area (Å²) in [5.41, 5.74) is 1.07. The molecule has 0 aliphatic carbocycles. The number of thiazole rings is 1. The standard InChI is InChI=1S/C12H8N2O3S/c13-5-7-1-3-8(4-2-7)10(15)11-14-6-9(18-11)12(16)17/h1-4,6,10,15H,(H,16,17). The van der Waals surface area contributed by atoms with Crippen molar-refractivity contribution in [1.82, 2.24) is 4.98 Å². The van der Waals surface area contributed by atoms with Gasteiger partial charge in [-0.3, -0.25) is 0 Å². The largest absolute Gasteiger partial charge is 0.477 e. The average molecular weight is 260 g/mol. The number of carbonyl (C=O) groups is 1. The Morgan fingerprint density at radius 2 is 2.06 bits per heavy atom. The highest BCUT2D eigenvalue weighted by molar-refractivity contribution is 7.13. The van der Waals surface area contributed by atoms with Crippen molar-refractivity contribution in [2.75, 3.05) is 0 Å². The van der Waals surface area contributed by atoms with Crippen LogP contribution in [0.2, 0.25) is 0 Å². The third-order valence-corrected chi connectivity index (χ3v) is 3.36. The number of aliphatic hydroxyl groups is 1. The number of aromatic nitrogens is 1. The van der Waals surface area contributed by atoms with Gasteiger partial charge in [-0.15, -0.1) is 11.3 Å². The number of rotatable bonds is 3. The average Bonchev–Trinajstić information content (AvgIpc) is 2.88. The molecule has 0 aliphatic heterocycles. The molecule has 0 bridgehead atoms. The van der Waals surface area contributed by atoms with Gasteiger partial charge < -0.3 is 10.2 Å². The van der Waals surface area contributed by atoms with Crippen molar-refractivity contribution in [2.45, 2.75) is 6.10 Å². The number of hydrogen-bond acceptors (Lipinski definition) is 5. The van der Waals surface area contributed by atoms with Gasteiger partial charge in [0, 0.05) is 0 Å². The molecule has 2 aromatic rings. The van der Waals surface area contributed by atoms with Crippen molar-refractivity contribution in [2.24, 2.45) is 0 Å². The third kappa shape index (κ3) is 2.37. The van der Waals surface area contributed by atoms with Crippen molar-refractivity contribution in [3.63, 3.8) is 0 Å². The molecule has 1 aromatic heterocycles. The van der Waals surface area contributed by atoms with Gasteiger partial charge >= 0.3 is 5.97 Å². The van der Waals surface area contributed by atoms with E-state index in [1.807, 2.05) is 6.07 Å². The summed E-state index contributed by atoms with van der Waals surface area (Å²) < 4.78 is 0. The highest BCUT2D eigenvalue weighted by Gasteiger charge is 2.17. The van der Waals surface area contributed by atoms with Crippen LogP contribution in [0.5, 0.6) is 0 Å². The molecule has 90 valence electrons. The number of benzene rings is 1. The second-order valence-electron chi connectivity index (χ2n) is 3.50. The first-order valence-electron chi connectivity index (χ1n) is 4.99. The maximum atomic E-state index is 10.7. The van der Waals surface area contributed by atoms with Crippen LogP contribution in [-0.4, -0.2) is 21.2 Å². The Labute approximate surface area is 107 Å². The predicted molar refractivity (Wildman–Crippen MR) is 64.3 cm³/mol.